The largest absolute Gasteiger partial charge is 0.325 e. The molecule has 1 rings (SSSR count). The molecule has 1 aromatic rings. The van der Waals surface area contributed by atoms with Crippen molar-refractivity contribution in [3.05, 3.63) is 29.8 Å². The van der Waals surface area contributed by atoms with Gasteiger partial charge in [0.25, 0.3) is 0 Å². The lowest BCUT2D eigenvalue weighted by Crippen LogP contribution is -2.32. The van der Waals surface area contributed by atoms with Crippen LogP contribution in [-0.4, -0.2) is 11.8 Å². The van der Waals surface area contributed by atoms with Gasteiger partial charge in [0.1, 0.15) is 0 Å². The predicted octanol–water partition coefficient (Wildman–Crippen LogP) is 3.45. The zero-order valence-electron chi connectivity index (χ0n) is 10.0. The third-order valence-electron chi connectivity index (χ3n) is 2.60. The minimum absolute atomic E-state index is 0.0385. The topological polar surface area (TPSA) is 29.1 Å². The fourth-order valence-electron chi connectivity index (χ4n) is 1.30. The van der Waals surface area contributed by atoms with E-state index in [1.54, 1.807) is 0 Å². The van der Waals surface area contributed by atoms with Gasteiger partial charge >= 0.3 is 0 Å². The van der Waals surface area contributed by atoms with E-state index in [1.165, 1.54) is 0 Å². The molecular weight excluding hydrogens is 222 g/mol. The molecule has 1 amide bonds. The summed E-state index contributed by atoms with van der Waals surface area (Å²) in [6.07, 6.45) is 0.901. The number of halogens is 1. The highest BCUT2D eigenvalue weighted by Crippen LogP contribution is 2.22. The van der Waals surface area contributed by atoms with Gasteiger partial charge in [-0.3, -0.25) is 4.79 Å². The second-order valence-electron chi connectivity index (χ2n) is 4.48. The molecular formula is C13H18ClNO. The molecule has 1 aromatic carbocycles. The lowest BCUT2D eigenvalue weighted by Gasteiger charge is -2.21. The Balaban J connectivity index is 2.85. The maximum atomic E-state index is 11.9. The third kappa shape index (κ3) is 2.99. The van der Waals surface area contributed by atoms with E-state index in [1.807, 2.05) is 38.1 Å². The molecule has 0 heterocycles. The molecule has 3 heteroatoms. The minimum atomic E-state index is -0.539. The van der Waals surface area contributed by atoms with Crippen LogP contribution >= 0.6 is 11.6 Å². The number of amides is 1. The molecule has 1 N–H and O–H groups in total. The molecule has 88 valence electrons. The highest BCUT2D eigenvalue weighted by atomic mass is 35.5. The monoisotopic (exact) mass is 239 g/mol. The molecule has 0 aliphatic heterocycles. The molecule has 0 aromatic heterocycles. The minimum Gasteiger partial charge on any atom is -0.325 e. The second-order valence-corrected chi connectivity index (χ2v) is 4.75. The Bertz CT molecular complexity index is 374. The first kappa shape index (κ1) is 13.0. The van der Waals surface area contributed by atoms with Crippen molar-refractivity contribution in [1.82, 2.24) is 0 Å². The van der Waals surface area contributed by atoms with E-state index in [2.05, 4.69) is 12.2 Å². The van der Waals surface area contributed by atoms with Crippen molar-refractivity contribution < 1.29 is 4.79 Å². The van der Waals surface area contributed by atoms with Crippen molar-refractivity contribution in [1.29, 1.82) is 0 Å². The summed E-state index contributed by atoms with van der Waals surface area (Å²) in [4.78, 5) is 11.9. The van der Waals surface area contributed by atoms with Crippen molar-refractivity contribution in [3.63, 3.8) is 0 Å². The van der Waals surface area contributed by atoms with Crippen molar-refractivity contribution in [2.24, 2.45) is 5.41 Å². The average molecular weight is 240 g/mol. The molecule has 2 nitrogen and oxygen atoms in total. The number of nitrogens with one attached hydrogen (secondary N) is 1. The van der Waals surface area contributed by atoms with Crippen LogP contribution in [-0.2, 0) is 11.2 Å². The molecule has 0 radical (unpaired) electrons. The van der Waals surface area contributed by atoms with Crippen LogP contribution in [0.25, 0.3) is 0 Å². The number of carbonyl (C=O) groups excluding carboxylic acids is 1. The molecule has 0 saturated heterocycles. The summed E-state index contributed by atoms with van der Waals surface area (Å²) in [6.45, 7) is 5.74. The quantitative estimate of drug-likeness (QED) is 0.802. The lowest BCUT2D eigenvalue weighted by molar-refractivity contribution is -0.122. The van der Waals surface area contributed by atoms with Crippen molar-refractivity contribution in [3.8, 4) is 0 Å². The van der Waals surface area contributed by atoms with Crippen LogP contribution in [0.5, 0.6) is 0 Å². The molecule has 0 fully saturated rings. The maximum absolute atomic E-state index is 11.9. The Hall–Kier alpha value is -1.02. The van der Waals surface area contributed by atoms with Gasteiger partial charge in [0.15, 0.2) is 0 Å². The first-order valence-corrected chi connectivity index (χ1v) is 6.00. The number of para-hydroxylation sites is 1. The van der Waals surface area contributed by atoms with Gasteiger partial charge in [0, 0.05) is 11.6 Å². The fraction of sp³-hybridized carbons (Fsp3) is 0.462. The number of rotatable bonds is 4. The fourth-order valence-corrected chi connectivity index (χ4v) is 1.42. The van der Waals surface area contributed by atoms with Crippen LogP contribution < -0.4 is 5.32 Å². The number of alkyl halides is 1. The standard InChI is InChI=1S/C13H18ClNO/c1-4-10-7-5-6-8-11(10)15-12(16)13(2,3)9-14/h5-8H,4,9H2,1-3H3,(H,15,16). The maximum Gasteiger partial charge on any atom is 0.231 e. The number of aryl methyl sites for hydroxylation is 1. The predicted molar refractivity (Wildman–Crippen MR) is 69.0 cm³/mol. The summed E-state index contributed by atoms with van der Waals surface area (Å²) in [5.74, 6) is 0.274. The number of benzene rings is 1. The highest BCUT2D eigenvalue weighted by Gasteiger charge is 2.26. The Kier molecular flexibility index (Phi) is 4.36. The van der Waals surface area contributed by atoms with E-state index in [-0.39, 0.29) is 5.91 Å². The summed E-state index contributed by atoms with van der Waals surface area (Å²) < 4.78 is 0. The molecule has 0 unspecified atom stereocenters. The molecule has 0 aliphatic carbocycles. The Labute approximate surface area is 102 Å². The van der Waals surface area contributed by atoms with Crippen LogP contribution in [0.3, 0.4) is 0 Å². The molecule has 0 aliphatic rings. The SMILES string of the molecule is CCc1ccccc1NC(=O)C(C)(C)CCl. The number of hydrogen-bond donors (Lipinski definition) is 1. The van der Waals surface area contributed by atoms with Gasteiger partial charge in [-0.1, -0.05) is 25.1 Å². The molecule has 0 spiro atoms. The zero-order valence-corrected chi connectivity index (χ0v) is 10.8. The van der Waals surface area contributed by atoms with Crippen LogP contribution in [0.4, 0.5) is 5.69 Å². The highest BCUT2D eigenvalue weighted by molar-refractivity contribution is 6.20. The smallest absolute Gasteiger partial charge is 0.231 e. The van der Waals surface area contributed by atoms with Crippen molar-refractivity contribution in [2.45, 2.75) is 27.2 Å². The summed E-state index contributed by atoms with van der Waals surface area (Å²) in [5, 5.41) is 2.93. The summed E-state index contributed by atoms with van der Waals surface area (Å²) >= 11 is 5.77. The normalized spacial score (nSPS) is 11.2. The summed E-state index contributed by atoms with van der Waals surface area (Å²) in [7, 11) is 0. The first-order chi connectivity index (χ1) is 7.51. The van der Waals surface area contributed by atoms with Crippen molar-refractivity contribution >= 4 is 23.2 Å². The summed E-state index contributed by atoms with van der Waals surface area (Å²) in [5.41, 5.74) is 1.48. The van der Waals surface area contributed by atoms with Gasteiger partial charge in [-0.25, -0.2) is 0 Å². The van der Waals surface area contributed by atoms with E-state index in [4.69, 9.17) is 11.6 Å². The molecule has 0 saturated carbocycles. The number of hydrogen-bond acceptors (Lipinski definition) is 1. The van der Waals surface area contributed by atoms with E-state index < -0.39 is 5.41 Å². The number of anilines is 1. The van der Waals surface area contributed by atoms with Crippen molar-refractivity contribution in [2.75, 3.05) is 11.2 Å². The van der Waals surface area contributed by atoms with Gasteiger partial charge in [0.05, 0.1) is 5.41 Å². The second kappa shape index (κ2) is 5.35. The summed E-state index contributed by atoms with van der Waals surface area (Å²) in [6, 6.07) is 7.83. The van der Waals surface area contributed by atoms with Gasteiger partial charge in [-0.2, -0.15) is 0 Å². The molecule has 16 heavy (non-hydrogen) atoms. The van der Waals surface area contributed by atoms with E-state index >= 15 is 0 Å². The van der Waals surface area contributed by atoms with Crippen LogP contribution in [0.2, 0.25) is 0 Å². The van der Waals surface area contributed by atoms with Gasteiger partial charge < -0.3 is 5.32 Å². The zero-order chi connectivity index (χ0) is 12.2. The van der Waals surface area contributed by atoms with Crippen LogP contribution in [0.1, 0.15) is 26.3 Å². The third-order valence-corrected chi connectivity index (χ3v) is 3.26. The van der Waals surface area contributed by atoms with E-state index in [0.29, 0.717) is 5.88 Å². The Morgan fingerprint density at radius 2 is 2.00 bits per heavy atom. The Morgan fingerprint density at radius 1 is 1.38 bits per heavy atom. The number of carbonyl (C=O) groups is 1. The van der Waals surface area contributed by atoms with Crippen LogP contribution in [0.15, 0.2) is 24.3 Å². The van der Waals surface area contributed by atoms with Crippen LogP contribution in [0, 0.1) is 5.41 Å². The van der Waals surface area contributed by atoms with E-state index in [9.17, 15) is 4.79 Å². The van der Waals surface area contributed by atoms with Gasteiger partial charge in [-0.15, -0.1) is 11.6 Å². The lowest BCUT2D eigenvalue weighted by atomic mass is 9.95. The van der Waals surface area contributed by atoms with Gasteiger partial charge in [0.2, 0.25) is 5.91 Å². The average Bonchev–Trinajstić information content (AvgIpc) is 2.29. The first-order valence-electron chi connectivity index (χ1n) is 5.46. The Morgan fingerprint density at radius 3 is 2.56 bits per heavy atom. The molecule has 0 atom stereocenters. The van der Waals surface area contributed by atoms with Gasteiger partial charge in [-0.05, 0) is 31.9 Å². The molecule has 0 bridgehead atoms. The van der Waals surface area contributed by atoms with E-state index in [0.717, 1.165) is 17.7 Å².